The monoisotopic (exact) mass is 377 g/mol. The molecule has 0 radical (unpaired) electrons. The maximum absolute atomic E-state index is 3.76. The van der Waals surface area contributed by atoms with E-state index in [1.807, 2.05) is 0 Å². The molecule has 3 aromatic rings. The second kappa shape index (κ2) is 6.45. The zero-order valence-corrected chi connectivity index (χ0v) is 15.2. The molecular weight excluding hydrogens is 358 g/mol. The van der Waals surface area contributed by atoms with E-state index in [4.69, 9.17) is 0 Å². The summed E-state index contributed by atoms with van der Waals surface area (Å²) in [5.74, 6) is 0.851. The molecule has 0 saturated carbocycles. The van der Waals surface area contributed by atoms with E-state index in [0.717, 1.165) is 4.47 Å². The van der Waals surface area contributed by atoms with Crippen LogP contribution in [0.1, 0.15) is 35.6 Å². The summed E-state index contributed by atoms with van der Waals surface area (Å²) in [5, 5.41) is 3.76. The average molecular weight is 378 g/mol. The lowest BCUT2D eigenvalue weighted by molar-refractivity contribution is 0.428. The minimum absolute atomic E-state index is 0.315. The van der Waals surface area contributed by atoms with Crippen molar-refractivity contribution in [2.75, 3.05) is 5.32 Å². The van der Waals surface area contributed by atoms with E-state index >= 15 is 0 Å². The van der Waals surface area contributed by atoms with Crippen LogP contribution in [0.2, 0.25) is 0 Å². The lowest BCUT2D eigenvalue weighted by Crippen LogP contribution is -2.30. The summed E-state index contributed by atoms with van der Waals surface area (Å²) in [6.07, 6.45) is 0. The number of para-hydroxylation sites is 1. The van der Waals surface area contributed by atoms with Crippen LogP contribution in [0, 0.1) is 5.92 Å². The van der Waals surface area contributed by atoms with Gasteiger partial charge in [0.1, 0.15) is 0 Å². The minimum Gasteiger partial charge on any atom is -0.378 e. The third kappa shape index (κ3) is 2.76. The van der Waals surface area contributed by atoms with E-state index in [-0.39, 0.29) is 0 Å². The standard InChI is InChI=1S/C22H20BrN/c1-15-21(16-11-13-18(23)14-12-16)19-9-5-6-10-20(19)24-22(15)17-7-3-2-4-8-17/h2-15,21-22,24H,1H3/t15-,21-,22+/m1/s1. The Hall–Kier alpha value is -2.06. The molecule has 0 bridgehead atoms. The van der Waals surface area contributed by atoms with Crippen molar-refractivity contribution in [3.63, 3.8) is 0 Å². The maximum Gasteiger partial charge on any atom is 0.0548 e. The molecule has 2 heteroatoms. The van der Waals surface area contributed by atoms with E-state index in [9.17, 15) is 0 Å². The van der Waals surface area contributed by atoms with Gasteiger partial charge in [0, 0.05) is 16.1 Å². The first kappa shape index (κ1) is 15.5. The molecule has 0 unspecified atom stereocenters. The average Bonchev–Trinajstić information content (AvgIpc) is 2.63. The lowest BCUT2D eigenvalue weighted by atomic mass is 9.73. The van der Waals surface area contributed by atoms with Gasteiger partial charge in [0.2, 0.25) is 0 Å². The second-order valence-corrected chi connectivity index (χ2v) is 7.42. The molecule has 0 spiro atoms. The molecule has 1 N–H and O–H groups in total. The highest BCUT2D eigenvalue weighted by molar-refractivity contribution is 9.10. The summed E-state index contributed by atoms with van der Waals surface area (Å²) in [6, 6.07) is 28.6. The topological polar surface area (TPSA) is 12.0 Å². The number of rotatable bonds is 2. The van der Waals surface area contributed by atoms with Gasteiger partial charge in [-0.05, 0) is 40.8 Å². The van der Waals surface area contributed by atoms with Crippen molar-refractivity contribution in [1.29, 1.82) is 0 Å². The van der Waals surface area contributed by atoms with Gasteiger partial charge in [-0.1, -0.05) is 83.5 Å². The Morgan fingerprint density at radius 3 is 2.17 bits per heavy atom. The van der Waals surface area contributed by atoms with Crippen LogP contribution >= 0.6 is 15.9 Å². The third-order valence-corrected chi connectivity index (χ3v) is 5.57. The van der Waals surface area contributed by atoms with Gasteiger partial charge in [-0.15, -0.1) is 0 Å². The molecule has 4 rings (SSSR count). The fourth-order valence-corrected chi connectivity index (χ4v) is 4.14. The molecule has 24 heavy (non-hydrogen) atoms. The van der Waals surface area contributed by atoms with Crippen LogP contribution in [-0.4, -0.2) is 0 Å². The van der Waals surface area contributed by atoms with Crippen molar-refractivity contribution >= 4 is 21.6 Å². The molecule has 3 atom stereocenters. The van der Waals surface area contributed by atoms with E-state index in [1.54, 1.807) is 0 Å². The van der Waals surface area contributed by atoms with Crippen molar-refractivity contribution in [3.05, 3.63) is 100 Å². The van der Waals surface area contributed by atoms with Crippen LogP contribution in [0.15, 0.2) is 83.3 Å². The van der Waals surface area contributed by atoms with Crippen molar-refractivity contribution in [2.24, 2.45) is 5.92 Å². The summed E-state index contributed by atoms with van der Waals surface area (Å²) in [5.41, 5.74) is 5.36. The van der Waals surface area contributed by atoms with Crippen molar-refractivity contribution < 1.29 is 0 Å². The second-order valence-electron chi connectivity index (χ2n) is 6.51. The molecule has 0 aromatic heterocycles. The molecule has 0 fully saturated rings. The fraction of sp³-hybridized carbons (Fsp3) is 0.182. The van der Waals surface area contributed by atoms with Gasteiger partial charge >= 0.3 is 0 Å². The maximum atomic E-state index is 3.76. The molecule has 0 aliphatic carbocycles. The molecule has 1 aliphatic rings. The van der Waals surface area contributed by atoms with Crippen LogP contribution < -0.4 is 5.32 Å². The molecule has 120 valence electrons. The number of benzene rings is 3. The number of fused-ring (bicyclic) bond motifs is 1. The summed E-state index contributed by atoms with van der Waals surface area (Å²) >= 11 is 3.55. The van der Waals surface area contributed by atoms with Crippen LogP contribution in [0.4, 0.5) is 5.69 Å². The van der Waals surface area contributed by atoms with E-state index < -0.39 is 0 Å². The van der Waals surface area contributed by atoms with Crippen molar-refractivity contribution in [1.82, 2.24) is 0 Å². The van der Waals surface area contributed by atoms with Gasteiger partial charge in [-0.25, -0.2) is 0 Å². The summed E-state index contributed by atoms with van der Waals surface area (Å²) < 4.78 is 1.13. The van der Waals surface area contributed by atoms with Gasteiger partial charge in [-0.2, -0.15) is 0 Å². The minimum atomic E-state index is 0.315. The van der Waals surface area contributed by atoms with E-state index in [0.29, 0.717) is 17.9 Å². The predicted octanol–water partition coefficient (Wildman–Crippen LogP) is 6.38. The van der Waals surface area contributed by atoms with Crippen LogP contribution in [-0.2, 0) is 0 Å². The zero-order valence-electron chi connectivity index (χ0n) is 13.6. The van der Waals surface area contributed by atoms with Crippen LogP contribution in [0.5, 0.6) is 0 Å². The number of hydrogen-bond acceptors (Lipinski definition) is 1. The van der Waals surface area contributed by atoms with E-state index in [1.165, 1.54) is 22.4 Å². The summed E-state index contributed by atoms with van der Waals surface area (Å²) in [7, 11) is 0. The largest absolute Gasteiger partial charge is 0.378 e. The predicted molar refractivity (Wildman–Crippen MR) is 104 cm³/mol. The number of halogens is 1. The number of anilines is 1. The Morgan fingerprint density at radius 1 is 0.750 bits per heavy atom. The quantitative estimate of drug-likeness (QED) is 0.545. The van der Waals surface area contributed by atoms with Crippen LogP contribution in [0.25, 0.3) is 0 Å². The van der Waals surface area contributed by atoms with Gasteiger partial charge < -0.3 is 5.32 Å². The van der Waals surface area contributed by atoms with Gasteiger partial charge in [0.25, 0.3) is 0 Å². The molecule has 1 aliphatic heterocycles. The molecule has 0 amide bonds. The Morgan fingerprint density at radius 2 is 1.42 bits per heavy atom. The molecular formula is C22H20BrN. The van der Waals surface area contributed by atoms with E-state index in [2.05, 4.69) is 107 Å². The Bertz CT molecular complexity index is 826. The summed E-state index contributed by atoms with van der Waals surface area (Å²) in [4.78, 5) is 0. The first-order valence-electron chi connectivity index (χ1n) is 8.40. The number of hydrogen-bond donors (Lipinski definition) is 1. The highest BCUT2D eigenvalue weighted by atomic mass is 79.9. The van der Waals surface area contributed by atoms with Crippen molar-refractivity contribution in [2.45, 2.75) is 18.9 Å². The molecule has 1 nitrogen and oxygen atoms in total. The summed E-state index contributed by atoms with van der Waals surface area (Å²) in [6.45, 7) is 2.35. The molecule has 3 aromatic carbocycles. The lowest BCUT2D eigenvalue weighted by Gasteiger charge is -2.39. The highest BCUT2D eigenvalue weighted by Crippen LogP contribution is 2.47. The Kier molecular flexibility index (Phi) is 4.15. The van der Waals surface area contributed by atoms with Gasteiger partial charge in [0.15, 0.2) is 0 Å². The van der Waals surface area contributed by atoms with Gasteiger partial charge in [0.05, 0.1) is 6.04 Å². The first-order valence-corrected chi connectivity index (χ1v) is 9.19. The molecule has 1 heterocycles. The van der Waals surface area contributed by atoms with Gasteiger partial charge in [-0.3, -0.25) is 0 Å². The molecule has 0 saturated heterocycles. The highest BCUT2D eigenvalue weighted by Gasteiger charge is 2.35. The smallest absolute Gasteiger partial charge is 0.0548 e. The Labute approximate surface area is 151 Å². The number of nitrogens with one attached hydrogen (secondary N) is 1. The SMILES string of the molecule is C[C@@H]1[C@H](c2ccc(Br)cc2)c2ccccc2N[C@@H]1c1ccccc1. The third-order valence-electron chi connectivity index (χ3n) is 5.05. The fourth-order valence-electron chi connectivity index (χ4n) is 3.87. The first-order chi connectivity index (χ1) is 11.7. The normalized spacial score (nSPS) is 22.5. The Balaban J connectivity index is 1.82. The zero-order chi connectivity index (χ0) is 16.5. The van der Waals surface area contributed by atoms with Crippen LogP contribution in [0.3, 0.4) is 0 Å². The van der Waals surface area contributed by atoms with Crippen molar-refractivity contribution in [3.8, 4) is 0 Å².